The van der Waals surface area contributed by atoms with Gasteiger partial charge in [-0.05, 0) is 78.2 Å². The van der Waals surface area contributed by atoms with E-state index in [4.69, 9.17) is 0 Å². The van der Waals surface area contributed by atoms with Crippen molar-refractivity contribution in [1.29, 1.82) is 0 Å². The van der Waals surface area contributed by atoms with Gasteiger partial charge in [0.15, 0.2) is 0 Å². The molecule has 6 rings (SSSR count). The second kappa shape index (κ2) is 8.01. The van der Waals surface area contributed by atoms with Gasteiger partial charge in [-0.25, -0.2) is 0 Å². The van der Waals surface area contributed by atoms with Crippen LogP contribution in [-0.4, -0.2) is 0 Å². The summed E-state index contributed by atoms with van der Waals surface area (Å²) in [5.74, 6) is 0.311. The molecular weight excluding hydrogens is 408 g/mol. The van der Waals surface area contributed by atoms with Gasteiger partial charge < -0.3 is 0 Å². The van der Waals surface area contributed by atoms with Crippen LogP contribution in [0.1, 0.15) is 24.0 Å². The van der Waals surface area contributed by atoms with Gasteiger partial charge in [0.25, 0.3) is 0 Å². The molecule has 162 valence electrons. The zero-order chi connectivity index (χ0) is 23.2. The monoisotopic (exact) mass is 434 g/mol. The Balaban J connectivity index is 1.62. The largest absolute Gasteiger partial charge is 0.0987 e. The molecule has 0 heteroatoms. The second-order valence-corrected chi connectivity index (χ2v) is 9.04. The Morgan fingerprint density at radius 1 is 0.618 bits per heavy atom. The Labute approximate surface area is 201 Å². The lowest BCUT2D eigenvalue weighted by atomic mass is 9.86. The van der Waals surface area contributed by atoms with Gasteiger partial charge in [-0.1, -0.05) is 117 Å². The van der Waals surface area contributed by atoms with Crippen molar-refractivity contribution in [2.24, 2.45) is 0 Å². The molecule has 0 N–H and O–H groups in total. The normalized spacial score (nSPS) is 15.0. The second-order valence-electron chi connectivity index (χ2n) is 9.04. The van der Waals surface area contributed by atoms with Crippen LogP contribution < -0.4 is 0 Å². The summed E-state index contributed by atoms with van der Waals surface area (Å²) in [7, 11) is 0. The van der Waals surface area contributed by atoms with Crippen LogP contribution in [0.25, 0.3) is 49.4 Å². The lowest BCUT2D eigenvalue weighted by Crippen LogP contribution is -1.93. The highest BCUT2D eigenvalue weighted by molar-refractivity contribution is 6.14. The van der Waals surface area contributed by atoms with Gasteiger partial charge in [-0.2, -0.15) is 0 Å². The molecule has 1 aliphatic carbocycles. The quantitative estimate of drug-likeness (QED) is 0.247. The van der Waals surface area contributed by atoms with Gasteiger partial charge in [0.1, 0.15) is 0 Å². The molecule has 0 radical (unpaired) electrons. The predicted octanol–water partition coefficient (Wildman–Crippen LogP) is 9.57. The Kier molecular flexibility index (Phi) is 4.81. The topological polar surface area (TPSA) is 0 Å². The van der Waals surface area contributed by atoms with E-state index in [-0.39, 0.29) is 0 Å². The van der Waals surface area contributed by atoms with E-state index in [9.17, 15) is 0 Å². The lowest BCUT2D eigenvalue weighted by molar-refractivity contribution is 0.948. The van der Waals surface area contributed by atoms with Crippen LogP contribution in [-0.2, 0) is 0 Å². The first-order valence-corrected chi connectivity index (χ1v) is 11.8. The van der Waals surface area contributed by atoms with Crippen molar-refractivity contribution >= 4 is 27.1 Å². The molecule has 34 heavy (non-hydrogen) atoms. The average Bonchev–Trinajstić information content (AvgIpc) is 3.17. The van der Waals surface area contributed by atoms with E-state index in [0.29, 0.717) is 5.92 Å². The maximum Gasteiger partial charge on any atom is 0.00733 e. The Bertz CT molecular complexity index is 1590. The van der Waals surface area contributed by atoms with Gasteiger partial charge in [0.05, 0.1) is 0 Å². The minimum Gasteiger partial charge on any atom is -0.0987 e. The van der Waals surface area contributed by atoms with Crippen molar-refractivity contribution in [2.45, 2.75) is 12.8 Å². The van der Waals surface area contributed by atoms with E-state index < -0.39 is 0 Å². The van der Waals surface area contributed by atoms with Crippen LogP contribution in [0.4, 0.5) is 0 Å². The van der Waals surface area contributed by atoms with E-state index in [1.807, 2.05) is 12.2 Å². The SMILES string of the molecule is C=CC1=C(C=C)C(C)c2cc(-c3ccccc3-c3c4ccccc4cc4ccccc34)ccc21. The highest BCUT2D eigenvalue weighted by Gasteiger charge is 2.25. The minimum atomic E-state index is 0.311. The van der Waals surface area contributed by atoms with Crippen molar-refractivity contribution in [2.75, 3.05) is 0 Å². The number of hydrogen-bond acceptors (Lipinski definition) is 0. The molecule has 0 fully saturated rings. The Morgan fingerprint density at radius 3 is 1.88 bits per heavy atom. The van der Waals surface area contributed by atoms with Crippen molar-refractivity contribution in [1.82, 2.24) is 0 Å². The van der Waals surface area contributed by atoms with E-state index in [2.05, 4.69) is 117 Å². The summed E-state index contributed by atoms with van der Waals surface area (Å²) in [6.07, 6.45) is 3.95. The molecular formula is C34H26. The summed E-state index contributed by atoms with van der Waals surface area (Å²) in [4.78, 5) is 0. The maximum atomic E-state index is 4.06. The molecule has 0 spiro atoms. The fourth-order valence-electron chi connectivity index (χ4n) is 5.66. The lowest BCUT2D eigenvalue weighted by Gasteiger charge is -2.17. The fourth-order valence-corrected chi connectivity index (χ4v) is 5.66. The highest BCUT2D eigenvalue weighted by atomic mass is 14.3. The van der Waals surface area contributed by atoms with Crippen LogP contribution in [0.5, 0.6) is 0 Å². The van der Waals surface area contributed by atoms with Crippen LogP contribution in [0.15, 0.2) is 128 Å². The van der Waals surface area contributed by atoms with Crippen molar-refractivity contribution in [3.63, 3.8) is 0 Å². The molecule has 1 aliphatic rings. The number of rotatable bonds is 4. The Hall–Kier alpha value is -4.16. The van der Waals surface area contributed by atoms with Gasteiger partial charge in [0.2, 0.25) is 0 Å². The summed E-state index contributed by atoms with van der Waals surface area (Å²) < 4.78 is 0. The zero-order valence-corrected chi connectivity index (χ0v) is 19.4. The average molecular weight is 435 g/mol. The minimum absolute atomic E-state index is 0.311. The van der Waals surface area contributed by atoms with E-state index >= 15 is 0 Å². The third-order valence-electron chi connectivity index (χ3n) is 7.29. The molecule has 5 aromatic carbocycles. The van der Waals surface area contributed by atoms with E-state index in [1.165, 1.54) is 66.1 Å². The third kappa shape index (κ3) is 2.99. The zero-order valence-electron chi connectivity index (χ0n) is 19.4. The van der Waals surface area contributed by atoms with Gasteiger partial charge >= 0.3 is 0 Å². The van der Waals surface area contributed by atoms with Crippen molar-refractivity contribution in [3.8, 4) is 22.3 Å². The summed E-state index contributed by atoms with van der Waals surface area (Å²) in [6.45, 7) is 10.4. The number of benzene rings is 5. The first kappa shape index (κ1) is 20.4. The van der Waals surface area contributed by atoms with Gasteiger partial charge in [0, 0.05) is 5.92 Å². The molecule has 0 amide bonds. The molecule has 1 atom stereocenters. The Morgan fingerprint density at radius 2 is 1.24 bits per heavy atom. The summed E-state index contributed by atoms with van der Waals surface area (Å²) in [5.41, 5.74) is 10.1. The number of fused-ring (bicyclic) bond motifs is 3. The van der Waals surface area contributed by atoms with Crippen LogP contribution >= 0.6 is 0 Å². The molecule has 0 bridgehead atoms. The van der Waals surface area contributed by atoms with Crippen molar-refractivity contribution in [3.05, 3.63) is 139 Å². The number of allylic oxidation sites excluding steroid dienone is 4. The first-order chi connectivity index (χ1) is 16.7. The molecule has 0 heterocycles. The van der Waals surface area contributed by atoms with Crippen LogP contribution in [0, 0.1) is 0 Å². The molecule has 5 aromatic rings. The van der Waals surface area contributed by atoms with Crippen molar-refractivity contribution < 1.29 is 0 Å². The molecule has 0 nitrogen and oxygen atoms in total. The summed E-state index contributed by atoms with van der Waals surface area (Å²) >= 11 is 0. The third-order valence-corrected chi connectivity index (χ3v) is 7.29. The standard InChI is InChI=1S/C34H26/c1-4-26-22(3)33-21-25(18-19-31(33)27(26)5-2)28-14-10-11-17-32(28)34-29-15-8-6-12-23(29)20-24-13-7-9-16-30(24)34/h4-22H,1-2H2,3H3. The first-order valence-electron chi connectivity index (χ1n) is 11.8. The van der Waals surface area contributed by atoms with Crippen LogP contribution in [0.2, 0.25) is 0 Å². The molecule has 0 aromatic heterocycles. The predicted molar refractivity (Wildman–Crippen MR) is 148 cm³/mol. The van der Waals surface area contributed by atoms with Gasteiger partial charge in [-0.3, -0.25) is 0 Å². The molecule has 0 saturated heterocycles. The van der Waals surface area contributed by atoms with Gasteiger partial charge in [-0.15, -0.1) is 0 Å². The smallest absolute Gasteiger partial charge is 0.00733 e. The highest BCUT2D eigenvalue weighted by Crippen LogP contribution is 2.46. The summed E-state index contributed by atoms with van der Waals surface area (Å²) in [6, 6.07) is 35.4. The molecule has 1 unspecified atom stereocenters. The number of hydrogen-bond donors (Lipinski definition) is 0. The molecule has 0 saturated carbocycles. The fraction of sp³-hybridized carbons (Fsp3) is 0.0588. The maximum absolute atomic E-state index is 4.06. The summed E-state index contributed by atoms with van der Waals surface area (Å²) in [5, 5.41) is 5.11. The van der Waals surface area contributed by atoms with Crippen LogP contribution in [0.3, 0.4) is 0 Å². The van der Waals surface area contributed by atoms with E-state index in [0.717, 1.165) is 0 Å². The van der Waals surface area contributed by atoms with E-state index in [1.54, 1.807) is 0 Å². The molecule has 0 aliphatic heterocycles.